The van der Waals surface area contributed by atoms with Crippen molar-refractivity contribution in [3.05, 3.63) is 71.8 Å². The molecule has 36 heavy (non-hydrogen) atoms. The molecule has 3 aromatic carbocycles. The molecule has 14 heteroatoms. The summed E-state index contributed by atoms with van der Waals surface area (Å²) in [4.78, 5) is 20.7. The van der Waals surface area contributed by atoms with Gasteiger partial charge in [-0.2, -0.15) is 0 Å². The maximum absolute atomic E-state index is 13.1. The molecule has 2 N–H and O–H groups in total. The summed E-state index contributed by atoms with van der Waals surface area (Å²) < 4.78 is 67.1. The molecule has 0 saturated carbocycles. The fourth-order valence-corrected chi connectivity index (χ4v) is 5.58. The summed E-state index contributed by atoms with van der Waals surface area (Å²) >= 11 is 0. The van der Waals surface area contributed by atoms with Crippen LogP contribution in [0, 0.1) is 0 Å². The highest BCUT2D eigenvalue weighted by Gasteiger charge is 2.28. The third-order valence-corrected chi connectivity index (χ3v) is 7.58. The van der Waals surface area contributed by atoms with Crippen molar-refractivity contribution in [3.8, 4) is 11.5 Å². The first-order valence-corrected chi connectivity index (χ1v) is 12.8. The first-order chi connectivity index (χ1) is 16.9. The van der Waals surface area contributed by atoms with Gasteiger partial charge in [0.05, 0.1) is 26.2 Å². The van der Waals surface area contributed by atoms with Gasteiger partial charge < -0.3 is 29.3 Å². The number of hydrogen-bond donors (Lipinski definition) is 2. The van der Waals surface area contributed by atoms with Gasteiger partial charge in [-0.05, 0) is 41.5 Å². The summed E-state index contributed by atoms with van der Waals surface area (Å²) in [6.07, 6.45) is 0. The normalized spacial score (nSPS) is 11.4. The van der Waals surface area contributed by atoms with Crippen LogP contribution in [0.15, 0.2) is 70.5 Å². The van der Waals surface area contributed by atoms with E-state index in [1.165, 1.54) is 38.5 Å². The molecular formula is C22H18N2O10S2-2. The van der Waals surface area contributed by atoms with Crippen LogP contribution in [0.2, 0.25) is 0 Å². The van der Waals surface area contributed by atoms with E-state index in [4.69, 9.17) is 9.47 Å². The topological polar surface area (TPSA) is 191 Å². The highest BCUT2D eigenvalue weighted by molar-refractivity contribution is 7.93. The minimum atomic E-state index is -4.44. The summed E-state index contributed by atoms with van der Waals surface area (Å²) in [7, 11) is -6.54. The van der Waals surface area contributed by atoms with Crippen molar-refractivity contribution in [2.75, 3.05) is 23.7 Å². The number of benzene rings is 3. The van der Waals surface area contributed by atoms with Crippen LogP contribution in [0.4, 0.5) is 11.4 Å². The van der Waals surface area contributed by atoms with Crippen molar-refractivity contribution in [1.29, 1.82) is 0 Å². The van der Waals surface area contributed by atoms with E-state index in [0.29, 0.717) is 0 Å². The molecule has 0 heterocycles. The summed E-state index contributed by atoms with van der Waals surface area (Å²) in [6, 6.07) is 11.2. The lowest BCUT2D eigenvalue weighted by Crippen LogP contribution is -2.22. The lowest BCUT2D eigenvalue weighted by atomic mass is 10.2. The monoisotopic (exact) mass is 534 g/mol. The van der Waals surface area contributed by atoms with E-state index < -0.39 is 41.8 Å². The lowest BCUT2D eigenvalue weighted by molar-refractivity contribution is -0.256. The molecule has 3 rings (SSSR count). The zero-order valence-electron chi connectivity index (χ0n) is 18.7. The second kappa shape index (κ2) is 10.1. The Morgan fingerprint density at radius 3 is 1.25 bits per heavy atom. The number of ether oxygens (including phenoxy) is 2. The Hall–Kier alpha value is -4.30. The van der Waals surface area contributed by atoms with Crippen molar-refractivity contribution in [2.45, 2.75) is 9.79 Å². The highest BCUT2D eigenvalue weighted by atomic mass is 32.2. The average Bonchev–Trinajstić information content (AvgIpc) is 2.83. The fraction of sp³-hybridized carbons (Fsp3) is 0.0909. The van der Waals surface area contributed by atoms with Crippen molar-refractivity contribution >= 4 is 43.4 Å². The molecule has 0 amide bonds. The van der Waals surface area contributed by atoms with Gasteiger partial charge in [-0.15, -0.1) is 0 Å². The number of carboxylic acid groups (broad SMARTS) is 2. The zero-order valence-corrected chi connectivity index (χ0v) is 20.3. The van der Waals surface area contributed by atoms with Crippen LogP contribution in [-0.4, -0.2) is 43.0 Å². The van der Waals surface area contributed by atoms with E-state index >= 15 is 0 Å². The molecule has 0 bridgehead atoms. The lowest BCUT2D eigenvalue weighted by Gasteiger charge is -2.17. The molecule has 0 atom stereocenters. The SMILES string of the molecule is COc1cc(OC)c(S(=O)(=O)Nc2ccc(C(=O)[O-])cc2)cc1S(=O)(=O)Nc1ccc(C(=O)[O-])cc1. The molecule has 0 fully saturated rings. The van der Waals surface area contributed by atoms with Crippen molar-refractivity contribution in [2.24, 2.45) is 0 Å². The Balaban J connectivity index is 2.03. The number of hydrogen-bond acceptors (Lipinski definition) is 10. The van der Waals surface area contributed by atoms with E-state index in [-0.39, 0.29) is 34.0 Å². The average molecular weight is 535 g/mol. The largest absolute Gasteiger partial charge is 0.545 e. The Kier molecular flexibility index (Phi) is 7.40. The summed E-state index contributed by atoms with van der Waals surface area (Å²) in [6.45, 7) is 0. The molecule has 0 unspecified atom stereocenters. The molecule has 0 saturated heterocycles. The number of carbonyl (C=O) groups excluding carboxylic acids is 2. The third-order valence-electron chi connectivity index (χ3n) is 4.77. The summed E-state index contributed by atoms with van der Waals surface area (Å²) in [5, 5.41) is 21.8. The number of rotatable bonds is 10. The van der Waals surface area contributed by atoms with Crippen molar-refractivity contribution in [3.63, 3.8) is 0 Å². The second-order valence-corrected chi connectivity index (χ2v) is 10.4. The Morgan fingerprint density at radius 1 is 0.639 bits per heavy atom. The standard InChI is InChI=1S/C22H20N2O10S2/c1-33-17-11-18(34-2)20(36(31,32)24-16-9-5-14(6-10-16)22(27)28)12-19(17)35(29,30)23-15-7-3-13(4-8-15)21(25)26/h3-12,23-24H,1-2H3,(H,25,26)(H,27,28)/p-2. The maximum atomic E-state index is 13.1. The molecule has 0 radical (unpaired) electrons. The fourth-order valence-electron chi connectivity index (χ4n) is 3.03. The smallest absolute Gasteiger partial charge is 0.265 e. The van der Waals surface area contributed by atoms with Gasteiger partial charge in [-0.1, -0.05) is 24.3 Å². The van der Waals surface area contributed by atoms with Crippen LogP contribution in [0.25, 0.3) is 0 Å². The van der Waals surface area contributed by atoms with Crippen LogP contribution >= 0.6 is 0 Å². The van der Waals surface area contributed by atoms with Crippen molar-refractivity contribution in [1.82, 2.24) is 0 Å². The first-order valence-electron chi connectivity index (χ1n) is 9.82. The number of anilines is 2. The quantitative estimate of drug-likeness (QED) is 0.359. The van der Waals surface area contributed by atoms with Crippen LogP contribution in [0.3, 0.4) is 0 Å². The van der Waals surface area contributed by atoms with Gasteiger partial charge in [-0.3, -0.25) is 9.44 Å². The molecule has 0 aromatic heterocycles. The van der Waals surface area contributed by atoms with E-state index in [0.717, 1.165) is 36.4 Å². The van der Waals surface area contributed by atoms with E-state index in [9.17, 15) is 36.6 Å². The second-order valence-electron chi connectivity index (χ2n) is 7.09. The number of nitrogens with one attached hydrogen (secondary N) is 2. The molecule has 0 aliphatic rings. The van der Waals surface area contributed by atoms with Crippen LogP contribution in [0.1, 0.15) is 20.7 Å². The van der Waals surface area contributed by atoms with Crippen LogP contribution in [0.5, 0.6) is 11.5 Å². The molecule has 0 spiro atoms. The first kappa shape index (κ1) is 26.3. The van der Waals surface area contributed by atoms with E-state index in [1.807, 2.05) is 0 Å². The van der Waals surface area contributed by atoms with Gasteiger partial charge in [0.2, 0.25) is 0 Å². The number of carboxylic acids is 2. The van der Waals surface area contributed by atoms with Crippen molar-refractivity contribution < 1.29 is 46.1 Å². The van der Waals surface area contributed by atoms with E-state index in [2.05, 4.69) is 9.44 Å². The molecule has 0 aliphatic heterocycles. The predicted molar refractivity (Wildman–Crippen MR) is 123 cm³/mol. The summed E-state index contributed by atoms with van der Waals surface area (Å²) in [5.41, 5.74) is -0.360. The number of carbonyl (C=O) groups is 2. The Morgan fingerprint density at radius 2 is 0.972 bits per heavy atom. The Labute approximate surface area is 206 Å². The number of aromatic carboxylic acids is 2. The molecule has 0 aliphatic carbocycles. The number of sulfonamides is 2. The van der Waals surface area contributed by atoms with E-state index in [1.54, 1.807) is 0 Å². The molecular weight excluding hydrogens is 516 g/mol. The number of methoxy groups -OCH3 is 2. The maximum Gasteiger partial charge on any atom is 0.265 e. The molecule has 190 valence electrons. The molecule has 3 aromatic rings. The van der Waals surface area contributed by atoms with Gasteiger partial charge in [0.25, 0.3) is 20.0 Å². The minimum Gasteiger partial charge on any atom is -0.545 e. The Bertz CT molecular complexity index is 1400. The third kappa shape index (κ3) is 5.67. The minimum absolute atomic E-state index is 0.00610. The summed E-state index contributed by atoms with van der Waals surface area (Å²) in [5.74, 6) is -3.36. The predicted octanol–water partition coefficient (Wildman–Crippen LogP) is 0.0324. The van der Waals surface area contributed by atoms with Gasteiger partial charge in [0.1, 0.15) is 21.3 Å². The molecule has 12 nitrogen and oxygen atoms in total. The van der Waals surface area contributed by atoms with Crippen LogP contribution < -0.4 is 29.1 Å². The van der Waals surface area contributed by atoms with Gasteiger partial charge in [0.15, 0.2) is 0 Å². The highest BCUT2D eigenvalue weighted by Crippen LogP contribution is 2.36. The van der Waals surface area contributed by atoms with Gasteiger partial charge in [-0.25, -0.2) is 16.8 Å². The van der Waals surface area contributed by atoms with Crippen LogP contribution in [-0.2, 0) is 20.0 Å². The van der Waals surface area contributed by atoms with Gasteiger partial charge in [0, 0.05) is 17.4 Å². The van der Waals surface area contributed by atoms with Gasteiger partial charge >= 0.3 is 0 Å². The zero-order chi connectivity index (χ0) is 26.7.